The van der Waals surface area contributed by atoms with Crippen LogP contribution in [-0.4, -0.2) is 22.1 Å². The first kappa shape index (κ1) is 21.3. The fourth-order valence-electron chi connectivity index (χ4n) is 3.80. The van der Waals surface area contributed by atoms with Gasteiger partial charge in [0.15, 0.2) is 4.80 Å². The van der Waals surface area contributed by atoms with E-state index in [0.29, 0.717) is 23.5 Å². The van der Waals surface area contributed by atoms with E-state index in [-0.39, 0.29) is 5.91 Å². The van der Waals surface area contributed by atoms with Crippen LogP contribution >= 0.6 is 22.7 Å². The normalized spacial score (nSPS) is 11.8. The number of amides is 1. The molecular formula is C26H21N3O2S2. The van der Waals surface area contributed by atoms with Crippen LogP contribution in [0.15, 0.2) is 83.7 Å². The van der Waals surface area contributed by atoms with Crippen molar-refractivity contribution in [1.82, 2.24) is 9.55 Å². The smallest absolute Gasteiger partial charge is 0.280 e. The second-order valence-corrected chi connectivity index (χ2v) is 9.24. The minimum Gasteiger partial charge on any atom is -0.492 e. The Balaban J connectivity index is 1.71. The number of para-hydroxylation sites is 2. The average Bonchev–Trinajstić information content (AvgIpc) is 3.48. The highest BCUT2D eigenvalue weighted by Gasteiger charge is 2.16. The summed E-state index contributed by atoms with van der Waals surface area (Å²) in [5, 5.41) is 2.79. The molecule has 0 saturated carbocycles. The van der Waals surface area contributed by atoms with E-state index in [4.69, 9.17) is 9.72 Å². The summed E-state index contributed by atoms with van der Waals surface area (Å²) in [5.41, 5.74) is 3.01. The van der Waals surface area contributed by atoms with E-state index < -0.39 is 0 Å². The Bertz CT molecular complexity index is 1550. The lowest BCUT2D eigenvalue weighted by Gasteiger charge is -2.08. The van der Waals surface area contributed by atoms with E-state index >= 15 is 0 Å². The van der Waals surface area contributed by atoms with Crippen molar-refractivity contribution in [2.75, 3.05) is 6.61 Å². The number of pyridine rings is 1. The highest BCUT2D eigenvalue weighted by atomic mass is 32.1. The van der Waals surface area contributed by atoms with Gasteiger partial charge >= 0.3 is 0 Å². The predicted molar refractivity (Wildman–Crippen MR) is 136 cm³/mol. The van der Waals surface area contributed by atoms with E-state index in [2.05, 4.69) is 11.6 Å². The van der Waals surface area contributed by atoms with Crippen LogP contribution in [0, 0.1) is 0 Å². The van der Waals surface area contributed by atoms with Gasteiger partial charge in [-0.2, -0.15) is 4.99 Å². The van der Waals surface area contributed by atoms with Crippen molar-refractivity contribution in [2.24, 2.45) is 4.99 Å². The van der Waals surface area contributed by atoms with Crippen molar-refractivity contribution in [3.63, 3.8) is 0 Å². The first-order valence-electron chi connectivity index (χ1n) is 10.6. The predicted octanol–water partition coefficient (Wildman–Crippen LogP) is 6.31. The minimum absolute atomic E-state index is 0.297. The molecule has 33 heavy (non-hydrogen) atoms. The molecule has 5 aromatic rings. The molecule has 0 fully saturated rings. The molecular weight excluding hydrogens is 450 g/mol. The number of hydrogen-bond donors (Lipinski definition) is 0. The standard InChI is InChI=1S/C26H21N3O2S2/c1-3-14-29-24-21(31-4-2)11-7-12-23(24)33-26(29)28-25(30)18-16-20(22-13-8-15-32-22)27-19-10-6-5-9-17(18)19/h3,5-13,15-16H,1,4,14H2,2H3. The van der Waals surface area contributed by atoms with Crippen LogP contribution in [0.5, 0.6) is 5.75 Å². The first-order valence-corrected chi connectivity index (χ1v) is 12.3. The van der Waals surface area contributed by atoms with Gasteiger partial charge in [-0.3, -0.25) is 4.79 Å². The van der Waals surface area contributed by atoms with E-state index in [9.17, 15) is 4.79 Å². The van der Waals surface area contributed by atoms with E-state index in [1.54, 1.807) is 17.4 Å². The number of hydrogen-bond acceptors (Lipinski definition) is 5. The summed E-state index contributed by atoms with van der Waals surface area (Å²) in [6, 6.07) is 19.4. The third kappa shape index (κ3) is 4.01. The summed E-state index contributed by atoms with van der Waals surface area (Å²) >= 11 is 3.06. The van der Waals surface area contributed by atoms with Crippen LogP contribution in [0.25, 0.3) is 31.7 Å². The van der Waals surface area contributed by atoms with E-state index in [1.165, 1.54) is 11.3 Å². The molecule has 7 heteroatoms. The van der Waals surface area contributed by atoms with Gasteiger partial charge in [-0.15, -0.1) is 17.9 Å². The Morgan fingerprint density at radius 1 is 1.18 bits per heavy atom. The third-order valence-electron chi connectivity index (χ3n) is 5.19. The number of benzene rings is 2. The molecule has 0 aliphatic heterocycles. The van der Waals surface area contributed by atoms with Crippen LogP contribution in [0.2, 0.25) is 0 Å². The summed E-state index contributed by atoms with van der Waals surface area (Å²) in [5.74, 6) is 0.477. The molecule has 0 aliphatic carbocycles. The lowest BCUT2D eigenvalue weighted by Crippen LogP contribution is -2.17. The number of ether oxygens (including phenoxy) is 1. The maximum Gasteiger partial charge on any atom is 0.280 e. The number of thiophene rings is 1. The summed E-state index contributed by atoms with van der Waals surface area (Å²) in [6.07, 6.45) is 1.80. The van der Waals surface area contributed by atoms with Crippen molar-refractivity contribution in [3.05, 3.63) is 89.1 Å². The molecule has 5 rings (SSSR count). The molecule has 0 aliphatic rings. The van der Waals surface area contributed by atoms with Gasteiger partial charge in [0.05, 0.1) is 33.0 Å². The van der Waals surface area contributed by atoms with Gasteiger partial charge in [-0.1, -0.05) is 47.7 Å². The number of allylic oxidation sites excluding steroid dienone is 1. The van der Waals surface area contributed by atoms with Gasteiger partial charge < -0.3 is 9.30 Å². The molecule has 0 atom stereocenters. The zero-order valence-electron chi connectivity index (χ0n) is 18.0. The summed E-state index contributed by atoms with van der Waals surface area (Å²) in [7, 11) is 0. The Labute approximate surface area is 199 Å². The number of carbonyl (C=O) groups excluding carboxylic acids is 1. The maximum atomic E-state index is 13.5. The van der Waals surface area contributed by atoms with Gasteiger partial charge in [-0.05, 0) is 42.6 Å². The maximum absolute atomic E-state index is 13.5. The quantitative estimate of drug-likeness (QED) is 0.273. The number of nitrogens with zero attached hydrogens (tertiary/aromatic N) is 3. The molecule has 0 spiro atoms. The fourth-order valence-corrected chi connectivity index (χ4v) is 5.54. The SMILES string of the molecule is C=CCn1c(=NC(=O)c2cc(-c3cccs3)nc3ccccc23)sc2cccc(OCC)c21. The zero-order chi connectivity index (χ0) is 22.8. The monoisotopic (exact) mass is 471 g/mol. The number of rotatable bonds is 6. The van der Waals surface area contributed by atoms with Crippen molar-refractivity contribution in [2.45, 2.75) is 13.5 Å². The van der Waals surface area contributed by atoms with E-state index in [0.717, 1.165) is 37.4 Å². The lowest BCUT2D eigenvalue weighted by molar-refractivity contribution is 0.0999. The van der Waals surface area contributed by atoms with Crippen molar-refractivity contribution >= 4 is 49.7 Å². The third-order valence-corrected chi connectivity index (χ3v) is 7.13. The van der Waals surface area contributed by atoms with E-state index in [1.807, 2.05) is 77.5 Å². The molecule has 0 radical (unpaired) electrons. The minimum atomic E-state index is -0.297. The Morgan fingerprint density at radius 2 is 2.06 bits per heavy atom. The zero-order valence-corrected chi connectivity index (χ0v) is 19.7. The first-order chi connectivity index (χ1) is 16.2. The summed E-state index contributed by atoms with van der Waals surface area (Å²) < 4.78 is 8.83. The largest absolute Gasteiger partial charge is 0.492 e. The van der Waals surface area contributed by atoms with Crippen LogP contribution < -0.4 is 9.54 Å². The Hall–Kier alpha value is -3.55. The molecule has 0 bridgehead atoms. The molecule has 1 amide bonds. The number of aromatic nitrogens is 2. The number of fused-ring (bicyclic) bond motifs is 2. The molecule has 0 saturated heterocycles. The van der Waals surface area contributed by atoms with Gasteiger partial charge in [0.1, 0.15) is 11.3 Å². The van der Waals surface area contributed by atoms with Crippen molar-refractivity contribution in [3.8, 4) is 16.3 Å². The molecule has 0 unspecified atom stereocenters. The van der Waals surface area contributed by atoms with Gasteiger partial charge in [0.25, 0.3) is 5.91 Å². The summed E-state index contributed by atoms with van der Waals surface area (Å²) in [6.45, 7) is 6.92. The molecule has 164 valence electrons. The van der Waals surface area contributed by atoms with Gasteiger partial charge in [0, 0.05) is 11.9 Å². The van der Waals surface area contributed by atoms with Crippen molar-refractivity contribution < 1.29 is 9.53 Å². The highest BCUT2D eigenvalue weighted by molar-refractivity contribution is 7.16. The Kier molecular flexibility index (Phi) is 5.90. The molecule has 5 nitrogen and oxygen atoms in total. The van der Waals surface area contributed by atoms with Crippen LogP contribution in [-0.2, 0) is 6.54 Å². The second kappa shape index (κ2) is 9.13. The highest BCUT2D eigenvalue weighted by Crippen LogP contribution is 2.30. The molecule has 3 aromatic heterocycles. The van der Waals surface area contributed by atoms with Crippen LogP contribution in [0.1, 0.15) is 17.3 Å². The lowest BCUT2D eigenvalue weighted by atomic mass is 10.1. The second-order valence-electron chi connectivity index (χ2n) is 7.29. The fraction of sp³-hybridized carbons (Fsp3) is 0.115. The van der Waals surface area contributed by atoms with Gasteiger partial charge in [0.2, 0.25) is 0 Å². The molecule has 3 heterocycles. The van der Waals surface area contributed by atoms with Crippen LogP contribution in [0.4, 0.5) is 0 Å². The summed E-state index contributed by atoms with van der Waals surface area (Å²) in [4.78, 5) is 24.5. The van der Waals surface area contributed by atoms with Gasteiger partial charge in [-0.25, -0.2) is 4.98 Å². The van der Waals surface area contributed by atoms with Crippen molar-refractivity contribution in [1.29, 1.82) is 0 Å². The number of carbonyl (C=O) groups is 1. The molecule has 2 aromatic carbocycles. The number of thiazole rings is 1. The topological polar surface area (TPSA) is 56.5 Å². The molecule has 0 N–H and O–H groups in total. The Morgan fingerprint density at radius 3 is 2.85 bits per heavy atom. The average molecular weight is 472 g/mol. The van der Waals surface area contributed by atoms with Crippen LogP contribution in [0.3, 0.4) is 0 Å².